The van der Waals surface area contributed by atoms with E-state index in [0.29, 0.717) is 17.6 Å². The van der Waals surface area contributed by atoms with Crippen LogP contribution in [0.15, 0.2) is 73.1 Å². The molecule has 2 heterocycles. The number of pyridine rings is 1. The van der Waals surface area contributed by atoms with Crippen molar-refractivity contribution in [3.63, 3.8) is 0 Å². The van der Waals surface area contributed by atoms with E-state index in [1.807, 2.05) is 42.5 Å². The predicted octanol–water partition coefficient (Wildman–Crippen LogP) is 3.29. The van der Waals surface area contributed by atoms with Crippen molar-refractivity contribution in [2.45, 2.75) is 6.54 Å². The molecule has 0 fully saturated rings. The number of amides is 2. The fourth-order valence-electron chi connectivity index (χ4n) is 3.26. The number of urea groups is 1. The minimum Gasteiger partial charge on any atom is -0.464 e. The molecule has 0 aliphatic heterocycles. The van der Waals surface area contributed by atoms with E-state index in [-0.39, 0.29) is 5.69 Å². The van der Waals surface area contributed by atoms with Crippen LogP contribution in [0.1, 0.15) is 16.1 Å². The number of ether oxygens (including phenoxy) is 1. The fourth-order valence-corrected chi connectivity index (χ4v) is 3.26. The quantitative estimate of drug-likeness (QED) is 0.517. The average Bonchev–Trinajstić information content (AvgIpc) is 3.17. The molecule has 0 saturated heterocycles. The maximum Gasteiger partial charge on any atom is 0.359 e. The van der Waals surface area contributed by atoms with Gasteiger partial charge in [-0.25, -0.2) is 14.3 Å². The molecule has 0 aliphatic carbocycles. The second kappa shape index (κ2) is 8.04. The molecule has 4 aromatic rings. The van der Waals surface area contributed by atoms with Gasteiger partial charge in [-0.05, 0) is 42.0 Å². The summed E-state index contributed by atoms with van der Waals surface area (Å²) in [4.78, 5) is 29.6. The van der Waals surface area contributed by atoms with Crippen LogP contribution < -0.4 is 10.6 Å². The second-order valence-corrected chi connectivity index (χ2v) is 6.57. The summed E-state index contributed by atoms with van der Waals surface area (Å²) in [6.07, 6.45) is 3.36. The minimum atomic E-state index is -0.566. The van der Waals surface area contributed by atoms with Crippen LogP contribution in [0.25, 0.3) is 16.6 Å². The van der Waals surface area contributed by atoms with Crippen LogP contribution in [0.5, 0.6) is 0 Å². The highest BCUT2D eigenvalue weighted by Gasteiger charge is 2.19. The first kappa shape index (κ1) is 19.1. The summed E-state index contributed by atoms with van der Waals surface area (Å²) >= 11 is 0. The summed E-state index contributed by atoms with van der Waals surface area (Å²) in [5.74, 6) is -0.502. The van der Waals surface area contributed by atoms with Crippen LogP contribution >= 0.6 is 0 Å². The molecule has 0 saturated carbocycles. The van der Waals surface area contributed by atoms with Crippen molar-refractivity contribution in [3.8, 4) is 5.69 Å². The van der Waals surface area contributed by atoms with E-state index in [1.54, 1.807) is 35.3 Å². The van der Waals surface area contributed by atoms with Gasteiger partial charge in [0.05, 0.1) is 24.9 Å². The van der Waals surface area contributed by atoms with Crippen molar-refractivity contribution in [1.82, 2.24) is 14.8 Å². The number of primary amides is 1. The summed E-state index contributed by atoms with van der Waals surface area (Å²) in [6, 6.07) is 17.7. The number of methoxy groups -OCH3 is 1. The Hall–Kier alpha value is -4.20. The zero-order chi connectivity index (χ0) is 21.1. The highest BCUT2D eigenvalue weighted by molar-refractivity contribution is 6.02. The fraction of sp³-hybridized carbons (Fsp3) is 0.0909. The molecule has 8 nitrogen and oxygen atoms in total. The Bertz CT molecular complexity index is 1200. The van der Waals surface area contributed by atoms with Gasteiger partial charge >= 0.3 is 12.0 Å². The van der Waals surface area contributed by atoms with Gasteiger partial charge in [0.2, 0.25) is 0 Å². The summed E-state index contributed by atoms with van der Waals surface area (Å²) in [6.45, 7) is 0.305. The zero-order valence-electron chi connectivity index (χ0n) is 16.2. The monoisotopic (exact) mass is 401 g/mol. The normalized spacial score (nSPS) is 10.7. The van der Waals surface area contributed by atoms with Crippen LogP contribution in [-0.2, 0) is 11.3 Å². The lowest BCUT2D eigenvalue weighted by molar-refractivity contribution is 0.0595. The number of carbonyl (C=O) groups excluding carboxylic acids is 2. The van der Waals surface area contributed by atoms with Gasteiger partial charge in [0.1, 0.15) is 0 Å². The molecule has 4 rings (SSSR count). The molecule has 0 aliphatic rings. The largest absolute Gasteiger partial charge is 0.464 e. The number of nitrogens with two attached hydrogens (primary N) is 1. The van der Waals surface area contributed by atoms with Gasteiger partial charge in [-0.1, -0.05) is 24.3 Å². The van der Waals surface area contributed by atoms with Crippen molar-refractivity contribution in [3.05, 3.63) is 84.3 Å². The van der Waals surface area contributed by atoms with E-state index < -0.39 is 12.0 Å². The van der Waals surface area contributed by atoms with Crippen LogP contribution in [-0.4, -0.2) is 33.9 Å². The summed E-state index contributed by atoms with van der Waals surface area (Å²) in [7, 11) is 1.32. The molecule has 0 unspecified atom stereocenters. The third-order valence-electron chi connectivity index (χ3n) is 4.70. The highest BCUT2D eigenvalue weighted by atomic mass is 16.5. The summed E-state index contributed by atoms with van der Waals surface area (Å²) in [5.41, 5.74) is 8.84. The molecule has 8 heteroatoms. The van der Waals surface area contributed by atoms with Crippen molar-refractivity contribution < 1.29 is 14.3 Å². The van der Waals surface area contributed by atoms with E-state index >= 15 is 0 Å². The summed E-state index contributed by atoms with van der Waals surface area (Å²) in [5, 5.41) is 5.13. The predicted molar refractivity (Wildman–Crippen MR) is 112 cm³/mol. The number of para-hydroxylation sites is 1. The number of esters is 1. The third-order valence-corrected chi connectivity index (χ3v) is 4.70. The standard InChI is InChI=1S/C22H19N5O3/c1-30-21(28)20-18-6-2-3-7-19(18)27(25-20)17-10-8-16(9-11-17)26(22(23)29)14-15-5-4-12-24-13-15/h2-13H,14H2,1H3,(H2,23,29). The average molecular weight is 401 g/mol. The number of carbonyl (C=O) groups is 2. The molecule has 0 bridgehead atoms. The number of nitrogens with zero attached hydrogens (tertiary/aromatic N) is 4. The van der Waals surface area contributed by atoms with Crippen molar-refractivity contribution >= 4 is 28.6 Å². The van der Waals surface area contributed by atoms with Gasteiger partial charge < -0.3 is 10.5 Å². The number of fused-ring (bicyclic) bond motifs is 1. The topological polar surface area (TPSA) is 103 Å². The second-order valence-electron chi connectivity index (χ2n) is 6.57. The van der Waals surface area contributed by atoms with Gasteiger partial charge in [-0.15, -0.1) is 0 Å². The molecule has 30 heavy (non-hydrogen) atoms. The van der Waals surface area contributed by atoms with Crippen molar-refractivity contribution in [2.75, 3.05) is 12.0 Å². The lowest BCUT2D eigenvalue weighted by Gasteiger charge is -2.20. The first-order chi connectivity index (χ1) is 14.6. The Morgan fingerprint density at radius 3 is 2.50 bits per heavy atom. The summed E-state index contributed by atoms with van der Waals surface area (Å²) < 4.78 is 6.52. The Labute approximate surface area is 172 Å². The molecular formula is C22H19N5O3. The maximum atomic E-state index is 12.1. The molecule has 2 aromatic heterocycles. The highest BCUT2D eigenvalue weighted by Crippen LogP contribution is 2.25. The lowest BCUT2D eigenvalue weighted by atomic mass is 10.2. The Kier molecular flexibility index (Phi) is 5.13. The van der Waals surface area contributed by atoms with Gasteiger partial charge in [-0.2, -0.15) is 5.10 Å². The lowest BCUT2D eigenvalue weighted by Crippen LogP contribution is -2.35. The van der Waals surface area contributed by atoms with Gasteiger partial charge in [0.25, 0.3) is 0 Å². The van der Waals surface area contributed by atoms with Crippen molar-refractivity contribution in [1.29, 1.82) is 0 Å². The van der Waals surface area contributed by atoms with Gasteiger partial charge in [0, 0.05) is 23.5 Å². The van der Waals surface area contributed by atoms with E-state index in [0.717, 1.165) is 16.8 Å². The Morgan fingerprint density at radius 1 is 1.07 bits per heavy atom. The SMILES string of the molecule is COC(=O)c1nn(-c2ccc(N(Cc3cccnc3)C(N)=O)cc2)c2ccccc12. The van der Waals surface area contributed by atoms with Crippen LogP contribution in [0.4, 0.5) is 10.5 Å². The van der Waals surface area contributed by atoms with E-state index in [4.69, 9.17) is 10.5 Å². The molecule has 0 atom stereocenters. The van der Waals surface area contributed by atoms with E-state index in [9.17, 15) is 9.59 Å². The van der Waals surface area contributed by atoms with Crippen LogP contribution in [0.2, 0.25) is 0 Å². The molecule has 0 radical (unpaired) electrons. The molecule has 2 amide bonds. The van der Waals surface area contributed by atoms with Gasteiger partial charge in [-0.3, -0.25) is 9.88 Å². The number of benzene rings is 2. The number of hydrogen-bond acceptors (Lipinski definition) is 5. The Balaban J connectivity index is 1.70. The molecule has 150 valence electrons. The third kappa shape index (κ3) is 3.58. The van der Waals surface area contributed by atoms with Crippen molar-refractivity contribution in [2.24, 2.45) is 5.73 Å². The number of hydrogen-bond donors (Lipinski definition) is 1. The van der Waals surface area contributed by atoms with E-state index in [2.05, 4.69) is 10.1 Å². The molecule has 2 aromatic carbocycles. The minimum absolute atomic E-state index is 0.243. The molecule has 0 spiro atoms. The van der Waals surface area contributed by atoms with E-state index in [1.165, 1.54) is 12.0 Å². The van der Waals surface area contributed by atoms with Crippen LogP contribution in [0, 0.1) is 0 Å². The van der Waals surface area contributed by atoms with Crippen LogP contribution in [0.3, 0.4) is 0 Å². The first-order valence-corrected chi connectivity index (χ1v) is 9.21. The van der Waals surface area contributed by atoms with Gasteiger partial charge in [0.15, 0.2) is 5.69 Å². The molecular weight excluding hydrogens is 382 g/mol. The number of aromatic nitrogens is 3. The smallest absolute Gasteiger partial charge is 0.359 e. The maximum absolute atomic E-state index is 12.1. The Morgan fingerprint density at radius 2 is 1.83 bits per heavy atom. The number of anilines is 1. The zero-order valence-corrected chi connectivity index (χ0v) is 16.2. The number of rotatable bonds is 5. The molecule has 2 N–H and O–H groups in total. The first-order valence-electron chi connectivity index (χ1n) is 9.21.